The van der Waals surface area contributed by atoms with E-state index in [0.717, 1.165) is 0 Å². The second-order valence-electron chi connectivity index (χ2n) is 5.58. The van der Waals surface area contributed by atoms with Crippen LogP contribution in [0.5, 0.6) is 0 Å². The van der Waals surface area contributed by atoms with E-state index in [1.165, 1.54) is 12.1 Å². The molecule has 1 aromatic carbocycles. The number of carbonyl (C=O) groups is 1. The maximum atomic E-state index is 11.6. The number of nitro groups is 1. The van der Waals surface area contributed by atoms with E-state index in [4.69, 9.17) is 11.6 Å². The van der Waals surface area contributed by atoms with Crippen LogP contribution in [0.25, 0.3) is 0 Å². The number of aryl methyl sites for hydroxylation is 1. The Bertz CT molecular complexity index is 821. The topological polar surface area (TPSA) is 114 Å². The van der Waals surface area contributed by atoms with E-state index in [1.54, 1.807) is 22.5 Å². The van der Waals surface area contributed by atoms with Crippen LogP contribution < -0.4 is 0 Å². The molecule has 0 spiro atoms. The molecule has 1 N–H and O–H groups in total. The molecule has 1 unspecified atom stereocenters. The number of aromatic nitrogens is 3. The number of fused-ring (bicyclic) bond motifs is 1. The normalized spacial score (nSPS) is 17.5. The molecule has 1 atom stereocenters. The van der Waals surface area contributed by atoms with Crippen molar-refractivity contribution in [3.63, 3.8) is 0 Å². The minimum atomic E-state index is -0.943. The molecule has 2 aromatic rings. The molecule has 0 fully saturated rings. The molecule has 2 heterocycles. The van der Waals surface area contributed by atoms with E-state index in [0.29, 0.717) is 30.3 Å². The summed E-state index contributed by atoms with van der Waals surface area (Å²) in [5, 5.41) is 28.4. The Labute approximate surface area is 141 Å². The van der Waals surface area contributed by atoms with Gasteiger partial charge in [-0.3, -0.25) is 19.8 Å². The van der Waals surface area contributed by atoms with Gasteiger partial charge in [0, 0.05) is 12.6 Å². The van der Waals surface area contributed by atoms with Crippen LogP contribution in [0.4, 0.5) is 5.69 Å². The van der Waals surface area contributed by atoms with Gasteiger partial charge >= 0.3 is 5.97 Å². The Morgan fingerprint density at radius 2 is 2.25 bits per heavy atom. The number of benzene rings is 1. The van der Waals surface area contributed by atoms with Crippen LogP contribution in [0.1, 0.15) is 17.2 Å². The Morgan fingerprint density at radius 3 is 2.88 bits per heavy atom. The van der Waals surface area contributed by atoms with Gasteiger partial charge in [0.2, 0.25) is 0 Å². The molecule has 0 saturated carbocycles. The third-order valence-corrected chi connectivity index (χ3v) is 4.34. The lowest BCUT2D eigenvalue weighted by Gasteiger charge is -2.33. The molecule has 0 radical (unpaired) electrons. The Morgan fingerprint density at radius 1 is 1.50 bits per heavy atom. The van der Waals surface area contributed by atoms with Crippen molar-refractivity contribution >= 4 is 23.3 Å². The number of hydrogen-bond donors (Lipinski definition) is 1. The van der Waals surface area contributed by atoms with Crippen LogP contribution in [0.2, 0.25) is 5.02 Å². The van der Waals surface area contributed by atoms with Crippen molar-refractivity contribution in [1.82, 2.24) is 19.7 Å². The van der Waals surface area contributed by atoms with Gasteiger partial charge in [0.1, 0.15) is 22.7 Å². The molecule has 0 bridgehead atoms. The van der Waals surface area contributed by atoms with E-state index >= 15 is 0 Å². The summed E-state index contributed by atoms with van der Waals surface area (Å²) in [6.45, 7) is 2.65. The van der Waals surface area contributed by atoms with E-state index in [2.05, 4.69) is 10.2 Å². The zero-order chi connectivity index (χ0) is 17.4. The van der Waals surface area contributed by atoms with Crippen LogP contribution in [-0.2, 0) is 24.4 Å². The molecule has 0 saturated heterocycles. The first kappa shape index (κ1) is 16.3. The number of aliphatic carboxylic acids is 1. The zero-order valence-electron chi connectivity index (χ0n) is 12.7. The van der Waals surface area contributed by atoms with Crippen molar-refractivity contribution in [2.24, 2.45) is 0 Å². The SMILES string of the molecule is Cc1nnc2n1CC(C(=O)O)N(Cc1ccc([N+](=O)[O-])c(Cl)c1)C2. The fourth-order valence-corrected chi connectivity index (χ4v) is 3.06. The number of carboxylic acid groups (broad SMARTS) is 1. The standard InChI is InChI=1S/C14H14ClN5O4/c1-8-16-17-13-7-18(12(14(21)22)6-19(8)13)5-9-2-3-11(20(23)24)10(15)4-9/h2-4,12H,5-7H2,1H3,(H,21,22). The van der Waals surface area contributed by atoms with Crippen LogP contribution in [0.15, 0.2) is 18.2 Å². The Balaban J connectivity index is 1.86. The summed E-state index contributed by atoms with van der Waals surface area (Å²) in [5.74, 6) is 0.425. The van der Waals surface area contributed by atoms with Gasteiger partial charge in [0.15, 0.2) is 0 Å². The highest BCUT2D eigenvalue weighted by Gasteiger charge is 2.33. The van der Waals surface area contributed by atoms with Gasteiger partial charge in [-0.25, -0.2) is 0 Å². The van der Waals surface area contributed by atoms with Gasteiger partial charge in [0.05, 0.1) is 18.0 Å². The summed E-state index contributed by atoms with van der Waals surface area (Å²) in [7, 11) is 0. The second kappa shape index (κ2) is 6.17. The molecule has 1 aliphatic rings. The first-order valence-electron chi connectivity index (χ1n) is 7.15. The molecule has 126 valence electrons. The van der Waals surface area contributed by atoms with Gasteiger partial charge in [-0.2, -0.15) is 0 Å². The summed E-state index contributed by atoms with van der Waals surface area (Å²) in [6.07, 6.45) is 0. The van der Waals surface area contributed by atoms with E-state index in [-0.39, 0.29) is 17.3 Å². The fraction of sp³-hybridized carbons (Fsp3) is 0.357. The molecule has 10 heteroatoms. The number of rotatable bonds is 4. The quantitative estimate of drug-likeness (QED) is 0.657. The first-order chi connectivity index (χ1) is 11.4. The average Bonchev–Trinajstić information content (AvgIpc) is 2.86. The Hall–Kier alpha value is -2.52. The van der Waals surface area contributed by atoms with Crippen molar-refractivity contribution in [2.75, 3.05) is 0 Å². The maximum Gasteiger partial charge on any atom is 0.322 e. The number of nitrogens with zero attached hydrogens (tertiary/aromatic N) is 5. The minimum absolute atomic E-state index is 0.0281. The molecule has 0 amide bonds. The van der Waals surface area contributed by atoms with Gasteiger partial charge in [0.25, 0.3) is 5.69 Å². The van der Waals surface area contributed by atoms with Gasteiger partial charge < -0.3 is 9.67 Å². The van der Waals surface area contributed by atoms with Crippen molar-refractivity contribution in [3.05, 3.63) is 50.5 Å². The van der Waals surface area contributed by atoms with Crippen molar-refractivity contribution in [2.45, 2.75) is 32.6 Å². The first-order valence-corrected chi connectivity index (χ1v) is 7.53. The summed E-state index contributed by atoms with van der Waals surface area (Å²) in [5.41, 5.74) is 0.519. The lowest BCUT2D eigenvalue weighted by molar-refractivity contribution is -0.384. The van der Waals surface area contributed by atoms with E-state index in [1.807, 2.05) is 0 Å². The maximum absolute atomic E-state index is 11.6. The predicted molar refractivity (Wildman–Crippen MR) is 83.5 cm³/mol. The van der Waals surface area contributed by atoms with Crippen LogP contribution >= 0.6 is 11.6 Å². The van der Waals surface area contributed by atoms with Crippen LogP contribution in [-0.4, -0.2) is 41.7 Å². The van der Waals surface area contributed by atoms with Gasteiger partial charge in [-0.05, 0) is 18.6 Å². The second-order valence-corrected chi connectivity index (χ2v) is 5.98. The predicted octanol–water partition coefficient (Wildman–Crippen LogP) is 1.62. The molecular formula is C14H14ClN5O4. The molecular weight excluding hydrogens is 338 g/mol. The summed E-state index contributed by atoms with van der Waals surface area (Å²) < 4.78 is 1.79. The average molecular weight is 352 g/mol. The summed E-state index contributed by atoms with van der Waals surface area (Å²) in [6, 6.07) is 3.65. The Kier molecular flexibility index (Phi) is 4.20. The zero-order valence-corrected chi connectivity index (χ0v) is 13.5. The molecule has 1 aromatic heterocycles. The summed E-state index contributed by atoms with van der Waals surface area (Å²) in [4.78, 5) is 23.6. The number of hydrogen-bond acceptors (Lipinski definition) is 6. The van der Waals surface area contributed by atoms with Gasteiger partial charge in [-0.1, -0.05) is 17.7 Å². The smallest absolute Gasteiger partial charge is 0.322 e. The molecule has 1 aliphatic heterocycles. The number of halogens is 1. The number of carboxylic acids is 1. The van der Waals surface area contributed by atoms with Crippen molar-refractivity contribution in [1.29, 1.82) is 0 Å². The lowest BCUT2D eigenvalue weighted by atomic mass is 10.1. The minimum Gasteiger partial charge on any atom is -0.480 e. The summed E-state index contributed by atoms with van der Waals surface area (Å²) >= 11 is 5.92. The highest BCUT2D eigenvalue weighted by molar-refractivity contribution is 6.32. The molecule has 24 heavy (non-hydrogen) atoms. The monoisotopic (exact) mass is 351 g/mol. The van der Waals surface area contributed by atoms with Crippen LogP contribution in [0, 0.1) is 17.0 Å². The fourth-order valence-electron chi connectivity index (χ4n) is 2.79. The molecule has 9 nitrogen and oxygen atoms in total. The van der Waals surface area contributed by atoms with Crippen LogP contribution in [0.3, 0.4) is 0 Å². The van der Waals surface area contributed by atoms with Crippen molar-refractivity contribution in [3.8, 4) is 0 Å². The van der Waals surface area contributed by atoms with E-state index < -0.39 is 16.9 Å². The third kappa shape index (κ3) is 2.95. The number of nitro benzene ring substituents is 1. The van der Waals surface area contributed by atoms with Gasteiger partial charge in [-0.15, -0.1) is 10.2 Å². The highest BCUT2D eigenvalue weighted by Crippen LogP contribution is 2.27. The lowest BCUT2D eigenvalue weighted by Crippen LogP contribution is -2.47. The largest absolute Gasteiger partial charge is 0.480 e. The molecule has 3 rings (SSSR count). The third-order valence-electron chi connectivity index (χ3n) is 4.03. The van der Waals surface area contributed by atoms with E-state index in [9.17, 15) is 20.0 Å². The highest BCUT2D eigenvalue weighted by atomic mass is 35.5. The van der Waals surface area contributed by atoms with Crippen molar-refractivity contribution < 1.29 is 14.8 Å². The molecule has 0 aliphatic carbocycles.